The highest BCUT2D eigenvalue weighted by Crippen LogP contribution is 2.28. The molecule has 1 N–H and O–H groups in total. The lowest BCUT2D eigenvalue weighted by molar-refractivity contribution is -0.135. The Hall–Kier alpha value is -3.00. The van der Waals surface area contributed by atoms with Gasteiger partial charge in [-0.2, -0.15) is 0 Å². The van der Waals surface area contributed by atoms with E-state index in [9.17, 15) is 9.59 Å². The highest BCUT2D eigenvalue weighted by atomic mass is 32.1. The Bertz CT molecular complexity index is 1120. The predicted octanol–water partition coefficient (Wildman–Crippen LogP) is 3.51. The number of carbonyl (C=O) groups is 2. The van der Waals surface area contributed by atoms with Gasteiger partial charge < -0.3 is 15.1 Å². The van der Waals surface area contributed by atoms with Crippen LogP contribution in [0.3, 0.4) is 0 Å². The van der Waals surface area contributed by atoms with Gasteiger partial charge >= 0.3 is 0 Å². The normalized spacial score (nSPS) is 20.1. The molecule has 2 aliphatic rings. The maximum absolute atomic E-state index is 13.7. The van der Waals surface area contributed by atoms with Gasteiger partial charge in [-0.3, -0.25) is 14.5 Å². The third-order valence-electron chi connectivity index (χ3n) is 7.26. The number of benzene rings is 2. The molecule has 1 aromatic heterocycles. The summed E-state index contributed by atoms with van der Waals surface area (Å²) in [5, 5.41) is 5.25. The van der Waals surface area contributed by atoms with Gasteiger partial charge in [0.1, 0.15) is 6.04 Å². The van der Waals surface area contributed by atoms with E-state index in [0.717, 1.165) is 32.6 Å². The standard InChI is InChI=1S/C29H34N4O2S/c34-28(31-17-14-30-15-18-31)26-20-25(22-33(26)29(35)27-12-7-19-36-27)32(21-24-10-5-2-6-11-24)16-13-23-8-3-1-4-9-23/h1-12,19,25-26,30H,13-18,20-22H2. The van der Waals surface area contributed by atoms with Crippen molar-refractivity contribution >= 4 is 23.2 Å². The van der Waals surface area contributed by atoms with E-state index in [-0.39, 0.29) is 17.9 Å². The van der Waals surface area contributed by atoms with Gasteiger partial charge in [0.2, 0.25) is 5.91 Å². The van der Waals surface area contributed by atoms with Crippen LogP contribution in [0.1, 0.15) is 27.2 Å². The van der Waals surface area contributed by atoms with Gasteiger partial charge in [-0.1, -0.05) is 66.7 Å². The number of piperazine rings is 1. The first kappa shape index (κ1) is 24.7. The monoisotopic (exact) mass is 502 g/mol. The molecule has 3 aromatic rings. The average Bonchev–Trinajstić information content (AvgIpc) is 3.63. The van der Waals surface area contributed by atoms with Crippen LogP contribution < -0.4 is 5.32 Å². The van der Waals surface area contributed by atoms with Crippen LogP contribution in [0.15, 0.2) is 78.2 Å². The number of hydrogen-bond acceptors (Lipinski definition) is 5. The van der Waals surface area contributed by atoms with Gasteiger partial charge in [0.05, 0.1) is 4.88 Å². The van der Waals surface area contributed by atoms with Crippen LogP contribution in [0.4, 0.5) is 0 Å². The second-order valence-electron chi connectivity index (χ2n) is 9.61. The van der Waals surface area contributed by atoms with Crippen LogP contribution in [0.5, 0.6) is 0 Å². The quantitative estimate of drug-likeness (QED) is 0.512. The molecule has 0 aliphatic carbocycles. The lowest BCUT2D eigenvalue weighted by Gasteiger charge is -2.32. The molecular weight excluding hydrogens is 468 g/mol. The zero-order valence-electron chi connectivity index (χ0n) is 20.6. The fourth-order valence-electron chi connectivity index (χ4n) is 5.30. The molecule has 0 radical (unpaired) electrons. The summed E-state index contributed by atoms with van der Waals surface area (Å²) < 4.78 is 0. The maximum Gasteiger partial charge on any atom is 0.264 e. The second-order valence-corrected chi connectivity index (χ2v) is 10.6. The third-order valence-corrected chi connectivity index (χ3v) is 8.12. The van der Waals surface area contributed by atoms with Crippen molar-refractivity contribution in [2.24, 2.45) is 0 Å². The molecule has 0 spiro atoms. The first-order valence-corrected chi connectivity index (χ1v) is 13.7. The Morgan fingerprint density at radius 3 is 2.28 bits per heavy atom. The van der Waals surface area contributed by atoms with Gasteiger partial charge in [-0.15, -0.1) is 11.3 Å². The van der Waals surface area contributed by atoms with Crippen LogP contribution in [-0.4, -0.2) is 77.9 Å². The number of thiophene rings is 1. The lowest BCUT2D eigenvalue weighted by Crippen LogP contribution is -2.53. The number of rotatable bonds is 8. The van der Waals surface area contributed by atoms with Crippen molar-refractivity contribution in [3.8, 4) is 0 Å². The van der Waals surface area contributed by atoms with Crippen molar-refractivity contribution < 1.29 is 9.59 Å². The summed E-state index contributed by atoms with van der Waals surface area (Å²) in [5.41, 5.74) is 2.55. The molecule has 3 heterocycles. The summed E-state index contributed by atoms with van der Waals surface area (Å²) in [5.74, 6) is 0.0651. The van der Waals surface area contributed by atoms with E-state index in [1.807, 2.05) is 39.4 Å². The van der Waals surface area contributed by atoms with Crippen molar-refractivity contribution in [2.75, 3.05) is 39.3 Å². The second kappa shape index (κ2) is 11.8. The molecule has 0 bridgehead atoms. The molecular formula is C29H34N4O2S. The molecule has 2 unspecified atom stereocenters. The minimum absolute atomic E-state index is 0.0243. The van der Waals surface area contributed by atoms with Crippen LogP contribution in [0.25, 0.3) is 0 Å². The van der Waals surface area contributed by atoms with Crippen LogP contribution in [0, 0.1) is 0 Å². The molecule has 5 rings (SSSR count). The molecule has 36 heavy (non-hydrogen) atoms. The minimum atomic E-state index is -0.419. The Labute approximate surface area is 217 Å². The Kier molecular flexibility index (Phi) is 8.11. The number of hydrogen-bond donors (Lipinski definition) is 1. The van der Waals surface area contributed by atoms with Gasteiger partial charge in [0.15, 0.2) is 0 Å². The van der Waals surface area contributed by atoms with E-state index in [2.05, 4.69) is 58.7 Å². The largest absolute Gasteiger partial charge is 0.338 e. The van der Waals surface area contributed by atoms with Crippen molar-refractivity contribution in [1.29, 1.82) is 0 Å². The summed E-state index contributed by atoms with van der Waals surface area (Å²) in [4.78, 5) is 34.2. The van der Waals surface area contributed by atoms with E-state index in [1.54, 1.807) is 0 Å². The number of nitrogens with one attached hydrogen (secondary N) is 1. The summed E-state index contributed by atoms with van der Waals surface area (Å²) in [6.07, 6.45) is 1.60. The lowest BCUT2D eigenvalue weighted by atomic mass is 10.1. The first-order chi connectivity index (χ1) is 17.7. The number of nitrogens with zero attached hydrogens (tertiary/aromatic N) is 3. The number of carbonyl (C=O) groups excluding carboxylic acids is 2. The highest BCUT2D eigenvalue weighted by molar-refractivity contribution is 7.12. The van der Waals surface area contributed by atoms with Crippen LogP contribution in [0.2, 0.25) is 0 Å². The highest BCUT2D eigenvalue weighted by Gasteiger charge is 2.43. The predicted molar refractivity (Wildman–Crippen MR) is 144 cm³/mol. The molecule has 2 saturated heterocycles. The van der Waals surface area contributed by atoms with Gasteiger partial charge in [-0.05, 0) is 35.4 Å². The summed E-state index contributed by atoms with van der Waals surface area (Å²) in [6.45, 7) is 5.25. The molecule has 2 aromatic carbocycles. The zero-order chi connectivity index (χ0) is 24.7. The smallest absolute Gasteiger partial charge is 0.264 e. The summed E-state index contributed by atoms with van der Waals surface area (Å²) in [6, 6.07) is 24.5. The number of amides is 2. The minimum Gasteiger partial charge on any atom is -0.338 e. The summed E-state index contributed by atoms with van der Waals surface area (Å²) >= 11 is 1.45. The molecule has 0 saturated carbocycles. The van der Waals surface area contributed by atoms with E-state index in [1.165, 1.54) is 22.5 Å². The average molecular weight is 503 g/mol. The van der Waals surface area contributed by atoms with Gasteiger partial charge in [-0.25, -0.2) is 0 Å². The molecule has 2 amide bonds. The molecule has 2 fully saturated rings. The molecule has 188 valence electrons. The van der Waals surface area contributed by atoms with Crippen molar-refractivity contribution in [2.45, 2.75) is 31.5 Å². The molecule has 2 atom stereocenters. The van der Waals surface area contributed by atoms with Gasteiger partial charge in [0.25, 0.3) is 5.91 Å². The van der Waals surface area contributed by atoms with Crippen molar-refractivity contribution in [3.63, 3.8) is 0 Å². The number of likely N-dealkylation sites (tertiary alicyclic amines) is 1. The Morgan fingerprint density at radius 2 is 1.61 bits per heavy atom. The molecule has 2 aliphatic heterocycles. The van der Waals surface area contributed by atoms with Crippen molar-refractivity contribution in [3.05, 3.63) is 94.2 Å². The summed E-state index contributed by atoms with van der Waals surface area (Å²) in [7, 11) is 0. The maximum atomic E-state index is 13.7. The van der Waals surface area contributed by atoms with E-state index in [0.29, 0.717) is 30.9 Å². The fourth-order valence-corrected chi connectivity index (χ4v) is 5.98. The van der Waals surface area contributed by atoms with Gasteiger partial charge in [0, 0.05) is 51.9 Å². The van der Waals surface area contributed by atoms with E-state index in [4.69, 9.17) is 0 Å². The van der Waals surface area contributed by atoms with Crippen LogP contribution >= 0.6 is 11.3 Å². The molecule has 6 nitrogen and oxygen atoms in total. The molecule has 7 heteroatoms. The SMILES string of the molecule is O=C(C1CC(N(CCc2ccccc2)Cc2ccccc2)CN1C(=O)c1cccs1)N1CCNCC1. The zero-order valence-corrected chi connectivity index (χ0v) is 21.4. The fraction of sp³-hybridized carbons (Fsp3) is 0.379. The first-order valence-electron chi connectivity index (χ1n) is 12.8. The Morgan fingerprint density at radius 1 is 0.917 bits per heavy atom. The third kappa shape index (κ3) is 5.86. The van der Waals surface area contributed by atoms with E-state index >= 15 is 0 Å². The van der Waals surface area contributed by atoms with E-state index < -0.39 is 6.04 Å². The van der Waals surface area contributed by atoms with Crippen LogP contribution in [-0.2, 0) is 17.8 Å². The van der Waals surface area contributed by atoms with Crippen molar-refractivity contribution in [1.82, 2.24) is 20.0 Å². The topological polar surface area (TPSA) is 55.9 Å². The Balaban J connectivity index is 1.39.